The summed E-state index contributed by atoms with van der Waals surface area (Å²) in [6.45, 7) is 0. The van der Waals surface area contributed by atoms with E-state index in [4.69, 9.17) is 5.73 Å². The normalized spacial score (nSPS) is 12.0. The predicted octanol–water partition coefficient (Wildman–Crippen LogP) is 3.13. The molecule has 0 aliphatic rings. The highest BCUT2D eigenvalue weighted by Crippen LogP contribution is 2.16. The van der Waals surface area contributed by atoms with Crippen LogP contribution in [0.25, 0.3) is 10.9 Å². The Kier molecular flexibility index (Phi) is 4.64. The Hall–Kier alpha value is -2.72. The standard InChI is InChI=1S/C19H19N3O/c20-17(11-10-14-6-2-1-3-7-14)19(23)22-16-12-15-8-4-5-9-18(15)21-13-16/h1-9,12-13,17H,10-11,20H2,(H,22,23). The summed E-state index contributed by atoms with van der Waals surface area (Å²) in [5.41, 5.74) is 8.75. The Morgan fingerprint density at radius 2 is 1.83 bits per heavy atom. The topological polar surface area (TPSA) is 68.0 Å². The molecule has 4 nitrogen and oxygen atoms in total. The minimum absolute atomic E-state index is 0.182. The molecule has 3 aromatic rings. The first-order valence-corrected chi connectivity index (χ1v) is 7.67. The van der Waals surface area contributed by atoms with Gasteiger partial charge < -0.3 is 11.1 Å². The number of nitrogens with one attached hydrogen (secondary N) is 1. The molecule has 1 atom stereocenters. The molecule has 1 aromatic heterocycles. The third-order valence-corrected chi connectivity index (χ3v) is 3.78. The van der Waals surface area contributed by atoms with Crippen molar-refractivity contribution in [1.29, 1.82) is 0 Å². The molecule has 0 fully saturated rings. The molecule has 3 rings (SSSR count). The monoisotopic (exact) mass is 305 g/mol. The average Bonchev–Trinajstić information content (AvgIpc) is 2.60. The lowest BCUT2D eigenvalue weighted by Gasteiger charge is -2.12. The maximum absolute atomic E-state index is 12.2. The van der Waals surface area contributed by atoms with E-state index in [1.807, 2.05) is 60.7 Å². The third kappa shape index (κ3) is 3.93. The highest BCUT2D eigenvalue weighted by molar-refractivity contribution is 5.96. The summed E-state index contributed by atoms with van der Waals surface area (Å²) < 4.78 is 0. The number of aromatic nitrogens is 1. The SMILES string of the molecule is NC(CCc1ccccc1)C(=O)Nc1cnc2ccccc2c1. The Bertz CT molecular complexity index is 802. The number of aryl methyl sites for hydroxylation is 1. The summed E-state index contributed by atoms with van der Waals surface area (Å²) in [5.74, 6) is -0.182. The van der Waals surface area contributed by atoms with Crippen LogP contribution in [0.5, 0.6) is 0 Å². The van der Waals surface area contributed by atoms with E-state index < -0.39 is 6.04 Å². The summed E-state index contributed by atoms with van der Waals surface area (Å²) in [6, 6.07) is 19.2. The summed E-state index contributed by atoms with van der Waals surface area (Å²) in [6.07, 6.45) is 3.05. The number of carbonyl (C=O) groups excluding carboxylic acids is 1. The van der Waals surface area contributed by atoms with E-state index in [1.165, 1.54) is 5.56 Å². The van der Waals surface area contributed by atoms with Crippen molar-refractivity contribution in [1.82, 2.24) is 4.98 Å². The second-order valence-corrected chi connectivity index (χ2v) is 5.54. The number of pyridine rings is 1. The molecule has 0 radical (unpaired) electrons. The molecule has 0 bridgehead atoms. The van der Waals surface area contributed by atoms with Gasteiger partial charge in [-0.05, 0) is 30.5 Å². The van der Waals surface area contributed by atoms with Gasteiger partial charge in [0.1, 0.15) is 0 Å². The number of para-hydroxylation sites is 1. The number of carbonyl (C=O) groups is 1. The summed E-state index contributed by atoms with van der Waals surface area (Å²) in [4.78, 5) is 16.5. The molecular formula is C19H19N3O. The fourth-order valence-corrected chi connectivity index (χ4v) is 2.47. The van der Waals surface area contributed by atoms with Crippen LogP contribution in [0.2, 0.25) is 0 Å². The minimum atomic E-state index is -0.540. The number of nitrogens with zero attached hydrogens (tertiary/aromatic N) is 1. The lowest BCUT2D eigenvalue weighted by atomic mass is 10.1. The summed E-state index contributed by atoms with van der Waals surface area (Å²) >= 11 is 0. The van der Waals surface area contributed by atoms with Crippen LogP contribution >= 0.6 is 0 Å². The van der Waals surface area contributed by atoms with Gasteiger partial charge in [0, 0.05) is 5.39 Å². The van der Waals surface area contributed by atoms with Crippen LogP contribution in [-0.4, -0.2) is 16.9 Å². The fraction of sp³-hybridized carbons (Fsp3) is 0.158. The maximum atomic E-state index is 12.2. The minimum Gasteiger partial charge on any atom is -0.323 e. The van der Waals surface area contributed by atoms with Gasteiger partial charge in [-0.1, -0.05) is 48.5 Å². The van der Waals surface area contributed by atoms with E-state index in [0.29, 0.717) is 12.1 Å². The molecule has 0 aliphatic heterocycles. The highest BCUT2D eigenvalue weighted by Gasteiger charge is 2.13. The molecule has 3 N–H and O–H groups in total. The van der Waals surface area contributed by atoms with Crippen LogP contribution in [-0.2, 0) is 11.2 Å². The summed E-state index contributed by atoms with van der Waals surface area (Å²) in [5, 5.41) is 3.83. The van der Waals surface area contributed by atoms with Crippen LogP contribution in [0.3, 0.4) is 0 Å². The molecule has 0 aliphatic carbocycles. The number of benzene rings is 2. The van der Waals surface area contributed by atoms with Gasteiger partial charge in [-0.15, -0.1) is 0 Å². The first-order valence-electron chi connectivity index (χ1n) is 7.67. The molecule has 1 heterocycles. The van der Waals surface area contributed by atoms with Crippen LogP contribution in [0, 0.1) is 0 Å². The molecule has 2 aromatic carbocycles. The largest absolute Gasteiger partial charge is 0.323 e. The number of nitrogens with two attached hydrogens (primary N) is 1. The van der Waals surface area contributed by atoms with Gasteiger partial charge in [-0.2, -0.15) is 0 Å². The van der Waals surface area contributed by atoms with E-state index in [1.54, 1.807) is 6.20 Å². The van der Waals surface area contributed by atoms with E-state index in [2.05, 4.69) is 10.3 Å². The van der Waals surface area contributed by atoms with E-state index >= 15 is 0 Å². The number of fused-ring (bicyclic) bond motifs is 1. The Morgan fingerprint density at radius 1 is 1.09 bits per heavy atom. The van der Waals surface area contributed by atoms with Crippen molar-refractivity contribution in [3.8, 4) is 0 Å². The second-order valence-electron chi connectivity index (χ2n) is 5.54. The van der Waals surface area contributed by atoms with Crippen molar-refractivity contribution in [2.24, 2.45) is 5.73 Å². The third-order valence-electron chi connectivity index (χ3n) is 3.78. The van der Waals surface area contributed by atoms with Gasteiger partial charge in [0.25, 0.3) is 0 Å². The number of anilines is 1. The van der Waals surface area contributed by atoms with E-state index in [0.717, 1.165) is 17.3 Å². The lowest BCUT2D eigenvalue weighted by molar-refractivity contribution is -0.117. The summed E-state index contributed by atoms with van der Waals surface area (Å²) in [7, 11) is 0. The zero-order valence-corrected chi connectivity index (χ0v) is 12.8. The number of hydrogen-bond donors (Lipinski definition) is 2. The zero-order chi connectivity index (χ0) is 16.1. The second kappa shape index (κ2) is 7.03. The van der Waals surface area contributed by atoms with Crippen molar-refractivity contribution in [2.45, 2.75) is 18.9 Å². The van der Waals surface area contributed by atoms with Crippen LogP contribution < -0.4 is 11.1 Å². The molecule has 1 unspecified atom stereocenters. The molecule has 116 valence electrons. The van der Waals surface area contributed by atoms with Crippen molar-refractivity contribution in [3.05, 3.63) is 72.4 Å². The molecule has 0 saturated heterocycles. The zero-order valence-electron chi connectivity index (χ0n) is 12.8. The Morgan fingerprint density at radius 3 is 2.65 bits per heavy atom. The van der Waals surface area contributed by atoms with Gasteiger partial charge in [0.05, 0.1) is 23.4 Å². The van der Waals surface area contributed by atoms with E-state index in [9.17, 15) is 4.79 Å². The number of amides is 1. The smallest absolute Gasteiger partial charge is 0.241 e. The first-order chi connectivity index (χ1) is 11.2. The molecular weight excluding hydrogens is 286 g/mol. The van der Waals surface area contributed by atoms with Gasteiger partial charge in [-0.3, -0.25) is 9.78 Å². The molecule has 0 saturated carbocycles. The number of rotatable bonds is 5. The van der Waals surface area contributed by atoms with Crippen molar-refractivity contribution in [3.63, 3.8) is 0 Å². The molecule has 1 amide bonds. The number of hydrogen-bond acceptors (Lipinski definition) is 3. The van der Waals surface area contributed by atoms with Gasteiger partial charge in [0.15, 0.2) is 0 Å². The molecule has 4 heteroatoms. The van der Waals surface area contributed by atoms with Crippen LogP contribution in [0.1, 0.15) is 12.0 Å². The van der Waals surface area contributed by atoms with Crippen molar-refractivity contribution < 1.29 is 4.79 Å². The van der Waals surface area contributed by atoms with Gasteiger partial charge >= 0.3 is 0 Å². The van der Waals surface area contributed by atoms with Crippen LogP contribution in [0.4, 0.5) is 5.69 Å². The van der Waals surface area contributed by atoms with Crippen molar-refractivity contribution >= 4 is 22.5 Å². The molecule has 23 heavy (non-hydrogen) atoms. The van der Waals surface area contributed by atoms with Crippen molar-refractivity contribution in [2.75, 3.05) is 5.32 Å². The van der Waals surface area contributed by atoms with Crippen LogP contribution in [0.15, 0.2) is 66.9 Å². The lowest BCUT2D eigenvalue weighted by Crippen LogP contribution is -2.36. The Balaban J connectivity index is 1.60. The predicted molar refractivity (Wildman–Crippen MR) is 93.1 cm³/mol. The highest BCUT2D eigenvalue weighted by atomic mass is 16.2. The average molecular weight is 305 g/mol. The molecule has 0 spiro atoms. The quantitative estimate of drug-likeness (QED) is 0.761. The maximum Gasteiger partial charge on any atom is 0.241 e. The van der Waals surface area contributed by atoms with Gasteiger partial charge in [-0.25, -0.2) is 0 Å². The van der Waals surface area contributed by atoms with E-state index in [-0.39, 0.29) is 5.91 Å². The van der Waals surface area contributed by atoms with Gasteiger partial charge in [0.2, 0.25) is 5.91 Å². The fourth-order valence-electron chi connectivity index (χ4n) is 2.47. The first kappa shape index (κ1) is 15.2. The Labute approximate surface area is 135 Å².